The third-order valence-electron chi connectivity index (χ3n) is 3.57. The number of pyridine rings is 1. The van der Waals surface area contributed by atoms with Gasteiger partial charge in [-0.2, -0.15) is 0 Å². The third kappa shape index (κ3) is 2.37. The highest BCUT2D eigenvalue weighted by atomic mass is 15.2. The van der Waals surface area contributed by atoms with E-state index in [1.807, 2.05) is 12.3 Å². The van der Waals surface area contributed by atoms with Crippen LogP contribution >= 0.6 is 0 Å². The first kappa shape index (κ1) is 11.6. The summed E-state index contributed by atoms with van der Waals surface area (Å²) in [6, 6.07) is 11.3. The Bertz CT molecular complexity index is 529. The quantitative estimate of drug-likeness (QED) is 0.872. The van der Waals surface area contributed by atoms with Crippen LogP contribution < -0.4 is 5.73 Å². The lowest BCUT2D eigenvalue weighted by Crippen LogP contribution is -2.31. The van der Waals surface area contributed by atoms with E-state index in [0.29, 0.717) is 0 Å². The molecule has 94 valence electrons. The van der Waals surface area contributed by atoms with Gasteiger partial charge in [0.25, 0.3) is 0 Å². The Morgan fingerprint density at radius 1 is 1.22 bits per heavy atom. The molecule has 18 heavy (non-hydrogen) atoms. The monoisotopic (exact) mass is 241 g/mol. The van der Waals surface area contributed by atoms with Crippen LogP contribution in [0.5, 0.6) is 0 Å². The lowest BCUT2D eigenvalue weighted by Gasteiger charge is -2.21. The standard InChI is InChI=1S/C15H19N3/c16-8-10-18(14-6-7-14)11-13-4-1-3-12-5-2-9-17-15(12)13/h1-5,9,14H,6-8,10-11,16H2. The summed E-state index contributed by atoms with van der Waals surface area (Å²) >= 11 is 0. The summed E-state index contributed by atoms with van der Waals surface area (Å²) in [5, 5.41) is 1.22. The molecule has 1 fully saturated rings. The van der Waals surface area contributed by atoms with Crippen molar-refractivity contribution in [3.63, 3.8) is 0 Å². The molecule has 2 N–H and O–H groups in total. The smallest absolute Gasteiger partial charge is 0.0746 e. The van der Waals surface area contributed by atoms with Crippen molar-refractivity contribution in [1.29, 1.82) is 0 Å². The van der Waals surface area contributed by atoms with Gasteiger partial charge >= 0.3 is 0 Å². The Kier molecular flexibility index (Phi) is 3.26. The van der Waals surface area contributed by atoms with Crippen molar-refractivity contribution in [3.05, 3.63) is 42.1 Å². The van der Waals surface area contributed by atoms with Crippen LogP contribution in [0.2, 0.25) is 0 Å². The minimum absolute atomic E-state index is 0.731. The zero-order valence-corrected chi connectivity index (χ0v) is 10.5. The Morgan fingerprint density at radius 3 is 2.83 bits per heavy atom. The molecule has 0 aliphatic heterocycles. The average Bonchev–Trinajstić information content (AvgIpc) is 3.23. The SMILES string of the molecule is NCCN(Cc1cccc2cccnc12)C1CC1. The molecule has 3 nitrogen and oxygen atoms in total. The second-order valence-corrected chi connectivity index (χ2v) is 4.98. The Labute approximate surface area is 108 Å². The van der Waals surface area contributed by atoms with Crippen molar-refractivity contribution in [2.75, 3.05) is 13.1 Å². The maximum atomic E-state index is 5.70. The van der Waals surface area contributed by atoms with Gasteiger partial charge in [0.15, 0.2) is 0 Å². The Hall–Kier alpha value is -1.45. The van der Waals surface area contributed by atoms with Gasteiger partial charge in [-0.3, -0.25) is 9.88 Å². The van der Waals surface area contributed by atoms with Gasteiger partial charge in [0.1, 0.15) is 0 Å². The molecule has 1 aromatic carbocycles. The first-order chi connectivity index (χ1) is 8.88. The molecule has 1 aliphatic rings. The van der Waals surface area contributed by atoms with Gasteiger partial charge in [-0.05, 0) is 24.5 Å². The zero-order chi connectivity index (χ0) is 12.4. The molecule has 3 rings (SSSR count). The van der Waals surface area contributed by atoms with Crippen molar-refractivity contribution in [2.24, 2.45) is 5.73 Å². The van der Waals surface area contributed by atoms with Crippen molar-refractivity contribution in [2.45, 2.75) is 25.4 Å². The predicted octanol–water partition coefficient (Wildman–Crippen LogP) is 2.16. The number of benzene rings is 1. The Balaban J connectivity index is 1.88. The first-order valence-corrected chi connectivity index (χ1v) is 6.65. The highest BCUT2D eigenvalue weighted by molar-refractivity contribution is 5.81. The van der Waals surface area contributed by atoms with Gasteiger partial charge in [-0.1, -0.05) is 24.3 Å². The molecule has 1 saturated carbocycles. The number of fused-ring (bicyclic) bond motifs is 1. The van der Waals surface area contributed by atoms with Gasteiger partial charge in [0, 0.05) is 37.3 Å². The van der Waals surface area contributed by atoms with Crippen LogP contribution in [0.4, 0.5) is 0 Å². The second-order valence-electron chi connectivity index (χ2n) is 4.98. The normalized spacial score (nSPS) is 15.4. The highest BCUT2D eigenvalue weighted by Gasteiger charge is 2.28. The second kappa shape index (κ2) is 5.04. The minimum atomic E-state index is 0.731. The van der Waals surface area contributed by atoms with E-state index in [0.717, 1.165) is 31.2 Å². The molecule has 2 aromatic rings. The molecule has 0 atom stereocenters. The van der Waals surface area contributed by atoms with Crippen LogP contribution in [0.15, 0.2) is 36.5 Å². The summed E-state index contributed by atoms with van der Waals surface area (Å²) in [7, 11) is 0. The topological polar surface area (TPSA) is 42.1 Å². The lowest BCUT2D eigenvalue weighted by molar-refractivity contribution is 0.263. The van der Waals surface area contributed by atoms with Crippen molar-refractivity contribution in [1.82, 2.24) is 9.88 Å². The fraction of sp³-hybridized carbons (Fsp3) is 0.400. The maximum Gasteiger partial charge on any atom is 0.0746 e. The fourth-order valence-corrected chi connectivity index (χ4v) is 2.51. The predicted molar refractivity (Wildman–Crippen MR) is 74.2 cm³/mol. The number of para-hydroxylation sites is 1. The van der Waals surface area contributed by atoms with Crippen LogP contribution in [-0.2, 0) is 6.54 Å². The van der Waals surface area contributed by atoms with Gasteiger partial charge in [0.05, 0.1) is 5.52 Å². The molecule has 0 radical (unpaired) electrons. The summed E-state index contributed by atoms with van der Waals surface area (Å²) in [6.45, 7) is 2.68. The van der Waals surface area contributed by atoms with E-state index < -0.39 is 0 Å². The molecule has 0 saturated heterocycles. The maximum absolute atomic E-state index is 5.70. The van der Waals surface area contributed by atoms with Crippen LogP contribution in [0, 0.1) is 0 Å². The van der Waals surface area contributed by atoms with Gasteiger partial charge in [-0.15, -0.1) is 0 Å². The third-order valence-corrected chi connectivity index (χ3v) is 3.57. The summed E-state index contributed by atoms with van der Waals surface area (Å²) < 4.78 is 0. The number of hydrogen-bond donors (Lipinski definition) is 1. The molecule has 1 heterocycles. The van der Waals surface area contributed by atoms with Crippen molar-refractivity contribution in [3.8, 4) is 0 Å². The average molecular weight is 241 g/mol. The van der Waals surface area contributed by atoms with Gasteiger partial charge < -0.3 is 5.73 Å². The summed E-state index contributed by atoms with van der Waals surface area (Å²) in [6.07, 6.45) is 4.51. The van der Waals surface area contributed by atoms with Gasteiger partial charge in [-0.25, -0.2) is 0 Å². The van der Waals surface area contributed by atoms with E-state index in [2.05, 4.69) is 34.1 Å². The Morgan fingerprint density at radius 2 is 2.06 bits per heavy atom. The molecular formula is C15H19N3. The largest absolute Gasteiger partial charge is 0.329 e. The minimum Gasteiger partial charge on any atom is -0.329 e. The van der Waals surface area contributed by atoms with Crippen LogP contribution in [0.25, 0.3) is 10.9 Å². The van der Waals surface area contributed by atoms with Crippen LogP contribution in [0.3, 0.4) is 0 Å². The molecule has 0 spiro atoms. The van der Waals surface area contributed by atoms with Crippen LogP contribution in [-0.4, -0.2) is 29.0 Å². The fourth-order valence-electron chi connectivity index (χ4n) is 2.51. The first-order valence-electron chi connectivity index (χ1n) is 6.65. The number of rotatable bonds is 5. The van der Waals surface area contributed by atoms with Crippen molar-refractivity contribution >= 4 is 10.9 Å². The molecule has 0 bridgehead atoms. The number of hydrogen-bond acceptors (Lipinski definition) is 3. The molecular weight excluding hydrogens is 222 g/mol. The molecule has 0 unspecified atom stereocenters. The zero-order valence-electron chi connectivity index (χ0n) is 10.5. The number of nitrogens with two attached hydrogens (primary N) is 1. The lowest BCUT2D eigenvalue weighted by atomic mass is 10.1. The van der Waals surface area contributed by atoms with E-state index in [4.69, 9.17) is 5.73 Å². The van der Waals surface area contributed by atoms with E-state index >= 15 is 0 Å². The molecule has 1 aromatic heterocycles. The summed E-state index contributed by atoms with van der Waals surface area (Å²) in [5.41, 5.74) is 8.14. The molecule has 0 amide bonds. The van der Waals surface area contributed by atoms with Crippen molar-refractivity contribution < 1.29 is 0 Å². The van der Waals surface area contributed by atoms with E-state index in [1.165, 1.54) is 23.8 Å². The highest BCUT2D eigenvalue weighted by Crippen LogP contribution is 2.29. The number of aromatic nitrogens is 1. The molecule has 3 heteroatoms. The number of nitrogens with zero attached hydrogens (tertiary/aromatic N) is 2. The van der Waals surface area contributed by atoms with E-state index in [1.54, 1.807) is 0 Å². The summed E-state index contributed by atoms with van der Waals surface area (Å²) in [4.78, 5) is 7.01. The summed E-state index contributed by atoms with van der Waals surface area (Å²) in [5.74, 6) is 0. The van der Waals surface area contributed by atoms with Gasteiger partial charge in [0.2, 0.25) is 0 Å². The van der Waals surface area contributed by atoms with E-state index in [-0.39, 0.29) is 0 Å². The molecule has 1 aliphatic carbocycles. The van der Waals surface area contributed by atoms with Crippen LogP contribution in [0.1, 0.15) is 18.4 Å². The van der Waals surface area contributed by atoms with E-state index in [9.17, 15) is 0 Å².